The molecule has 1 fully saturated rings. The SMILES string of the molecule is COC(=O)C12CC(C=N)=C(Nc3ccc(F)cc3)C=C1CCN(N(C)SOc1cccc(OC)c1)C2.S. The molecular weight excluding hydrogens is 515 g/mol. The molecule has 1 aliphatic carbocycles. The maximum atomic E-state index is 13.3. The van der Waals surface area contributed by atoms with Gasteiger partial charge >= 0.3 is 5.97 Å². The summed E-state index contributed by atoms with van der Waals surface area (Å²) in [6.07, 6.45) is 4.12. The lowest BCUT2D eigenvalue weighted by Crippen LogP contribution is -2.54. The number of carbonyl (C=O) groups is 1. The first-order chi connectivity index (χ1) is 17.4. The van der Waals surface area contributed by atoms with Gasteiger partial charge in [-0.05, 0) is 66.5 Å². The number of ether oxygens (including phenoxy) is 2. The Morgan fingerprint density at radius 3 is 2.62 bits per heavy atom. The van der Waals surface area contributed by atoms with E-state index in [0.29, 0.717) is 48.7 Å². The molecule has 8 nitrogen and oxygen atoms in total. The van der Waals surface area contributed by atoms with Crippen molar-refractivity contribution in [2.75, 3.05) is 39.7 Å². The highest BCUT2D eigenvalue weighted by molar-refractivity contribution is 7.92. The van der Waals surface area contributed by atoms with Gasteiger partial charge in [0.2, 0.25) is 0 Å². The Morgan fingerprint density at radius 2 is 1.95 bits per heavy atom. The number of piperidine rings is 1. The molecule has 1 aliphatic heterocycles. The summed E-state index contributed by atoms with van der Waals surface area (Å²) in [7, 11) is 4.87. The molecule has 2 N–H and O–H groups in total. The molecule has 0 spiro atoms. The number of hydrogen-bond donors (Lipinski definition) is 2. The third kappa shape index (κ3) is 6.30. The first-order valence-corrected chi connectivity index (χ1v) is 12.1. The maximum Gasteiger partial charge on any atom is 0.317 e. The fourth-order valence-electron chi connectivity index (χ4n) is 4.48. The average molecular weight is 547 g/mol. The molecule has 1 saturated heterocycles. The second-order valence-corrected chi connectivity index (χ2v) is 9.42. The van der Waals surface area contributed by atoms with Crippen LogP contribution in [-0.4, -0.2) is 56.0 Å². The molecule has 0 bridgehead atoms. The van der Waals surface area contributed by atoms with Crippen molar-refractivity contribution in [2.24, 2.45) is 5.41 Å². The lowest BCUT2D eigenvalue weighted by molar-refractivity contribution is -0.154. The minimum absolute atomic E-state index is 0. The summed E-state index contributed by atoms with van der Waals surface area (Å²) in [5.74, 6) is 0.685. The first-order valence-electron chi connectivity index (χ1n) is 11.4. The topological polar surface area (TPSA) is 87.1 Å². The minimum atomic E-state index is -0.932. The van der Waals surface area contributed by atoms with Crippen LogP contribution in [0.15, 0.2) is 71.5 Å². The van der Waals surface area contributed by atoms with Crippen LogP contribution in [0.2, 0.25) is 0 Å². The molecule has 37 heavy (non-hydrogen) atoms. The molecule has 0 saturated carbocycles. The van der Waals surface area contributed by atoms with Gasteiger partial charge in [0.1, 0.15) is 22.7 Å². The zero-order valence-corrected chi connectivity index (χ0v) is 22.7. The molecule has 0 radical (unpaired) electrons. The van der Waals surface area contributed by atoms with E-state index >= 15 is 0 Å². The molecule has 198 valence electrons. The lowest BCUT2D eigenvalue weighted by Gasteiger charge is -2.46. The summed E-state index contributed by atoms with van der Waals surface area (Å²) in [6, 6.07) is 13.4. The zero-order chi connectivity index (χ0) is 25.7. The number of anilines is 1. The van der Waals surface area contributed by atoms with E-state index in [0.717, 1.165) is 23.5 Å². The summed E-state index contributed by atoms with van der Waals surface area (Å²) in [6.45, 7) is 1.04. The van der Waals surface area contributed by atoms with Crippen molar-refractivity contribution in [3.8, 4) is 11.5 Å². The average Bonchev–Trinajstić information content (AvgIpc) is 2.91. The van der Waals surface area contributed by atoms with Crippen molar-refractivity contribution >= 4 is 43.6 Å². The Labute approximate surface area is 227 Å². The van der Waals surface area contributed by atoms with E-state index in [-0.39, 0.29) is 25.3 Å². The van der Waals surface area contributed by atoms with Gasteiger partial charge in [-0.3, -0.25) is 4.79 Å². The van der Waals surface area contributed by atoms with Crippen molar-refractivity contribution in [3.63, 3.8) is 0 Å². The van der Waals surface area contributed by atoms with Crippen molar-refractivity contribution in [1.29, 1.82) is 5.41 Å². The van der Waals surface area contributed by atoms with Gasteiger partial charge in [-0.15, -0.1) is 0 Å². The molecule has 11 heteroatoms. The van der Waals surface area contributed by atoms with Crippen LogP contribution >= 0.6 is 25.7 Å². The molecule has 1 atom stereocenters. The smallest absolute Gasteiger partial charge is 0.317 e. The van der Waals surface area contributed by atoms with E-state index in [1.165, 1.54) is 25.5 Å². The van der Waals surface area contributed by atoms with Crippen LogP contribution in [-0.2, 0) is 9.53 Å². The molecular formula is C26H31FN4O4S2. The maximum absolute atomic E-state index is 13.3. The lowest BCUT2D eigenvalue weighted by atomic mass is 9.68. The second kappa shape index (κ2) is 12.5. The number of benzene rings is 2. The number of nitrogens with zero attached hydrogens (tertiary/aromatic N) is 2. The molecule has 4 rings (SSSR count). The van der Waals surface area contributed by atoms with E-state index in [4.69, 9.17) is 19.1 Å². The summed E-state index contributed by atoms with van der Waals surface area (Å²) < 4.78 is 31.6. The van der Waals surface area contributed by atoms with Crippen LogP contribution in [0.5, 0.6) is 11.5 Å². The van der Waals surface area contributed by atoms with E-state index in [1.54, 1.807) is 25.3 Å². The highest BCUT2D eigenvalue weighted by atomic mass is 32.2. The van der Waals surface area contributed by atoms with Crippen molar-refractivity contribution in [2.45, 2.75) is 12.8 Å². The summed E-state index contributed by atoms with van der Waals surface area (Å²) >= 11 is 1.15. The van der Waals surface area contributed by atoms with Crippen LogP contribution in [0.4, 0.5) is 10.1 Å². The monoisotopic (exact) mass is 546 g/mol. The predicted molar refractivity (Wildman–Crippen MR) is 149 cm³/mol. The number of hydrazine groups is 1. The van der Waals surface area contributed by atoms with Gasteiger partial charge in [-0.25, -0.2) is 9.40 Å². The minimum Gasteiger partial charge on any atom is -0.497 e. The fourth-order valence-corrected chi connectivity index (χ4v) is 5.01. The molecule has 2 aliphatic rings. The van der Waals surface area contributed by atoms with Gasteiger partial charge in [0, 0.05) is 43.8 Å². The van der Waals surface area contributed by atoms with Gasteiger partial charge in [0.15, 0.2) is 12.2 Å². The van der Waals surface area contributed by atoms with Gasteiger partial charge < -0.3 is 24.4 Å². The van der Waals surface area contributed by atoms with Crippen LogP contribution in [0, 0.1) is 16.6 Å². The normalized spacial score (nSPS) is 19.3. The van der Waals surface area contributed by atoms with Gasteiger partial charge in [-0.2, -0.15) is 17.9 Å². The van der Waals surface area contributed by atoms with Crippen LogP contribution in [0.25, 0.3) is 0 Å². The van der Waals surface area contributed by atoms with Crippen LogP contribution in [0.1, 0.15) is 12.8 Å². The quantitative estimate of drug-likeness (QED) is 0.198. The summed E-state index contributed by atoms with van der Waals surface area (Å²) in [5, 5.41) is 13.3. The van der Waals surface area contributed by atoms with Crippen molar-refractivity contribution in [3.05, 3.63) is 77.3 Å². The fraction of sp³-hybridized carbons (Fsp3) is 0.308. The number of esters is 1. The number of methoxy groups -OCH3 is 2. The number of halogens is 1. The molecule has 1 heterocycles. The van der Waals surface area contributed by atoms with E-state index in [1.807, 2.05) is 40.7 Å². The third-order valence-electron chi connectivity index (χ3n) is 6.42. The standard InChI is InChI=1S/C26H29FN4O4S.H2S/c1-30(36-35-23-6-4-5-22(14-23)33-2)31-12-11-19-13-24(29-21-9-7-20(27)8-10-21)18(16-28)15-26(19,17-31)25(32)34-3;/h4-10,13-14,16,28-29H,11-12,15,17H2,1-3H3;1H2. The molecule has 2 aromatic rings. The Bertz CT molecular complexity index is 1190. The van der Waals surface area contributed by atoms with Crippen LogP contribution < -0.4 is 14.2 Å². The highest BCUT2D eigenvalue weighted by Crippen LogP contribution is 2.46. The number of carbonyl (C=O) groups excluding carboxylic acids is 1. The molecule has 2 aromatic carbocycles. The Hall–Kier alpha value is -2.99. The van der Waals surface area contributed by atoms with E-state index in [9.17, 15) is 9.18 Å². The Morgan fingerprint density at radius 1 is 1.22 bits per heavy atom. The van der Waals surface area contributed by atoms with Crippen LogP contribution in [0.3, 0.4) is 0 Å². The number of allylic oxidation sites excluding steroid dienone is 2. The van der Waals surface area contributed by atoms with Crippen molar-refractivity contribution < 1.29 is 22.8 Å². The highest BCUT2D eigenvalue weighted by Gasteiger charge is 2.50. The van der Waals surface area contributed by atoms with Gasteiger partial charge in [0.05, 0.1) is 14.2 Å². The largest absolute Gasteiger partial charge is 0.497 e. The number of nitrogens with one attached hydrogen (secondary N) is 2. The van der Waals surface area contributed by atoms with Gasteiger partial charge in [0.25, 0.3) is 0 Å². The zero-order valence-electron chi connectivity index (χ0n) is 20.9. The van der Waals surface area contributed by atoms with E-state index < -0.39 is 5.41 Å². The number of fused-ring (bicyclic) bond motifs is 1. The Balaban J connectivity index is 0.00000380. The number of hydrogen-bond acceptors (Lipinski definition) is 9. The molecule has 1 unspecified atom stereocenters. The van der Waals surface area contributed by atoms with Crippen molar-refractivity contribution in [1.82, 2.24) is 9.42 Å². The summed E-state index contributed by atoms with van der Waals surface area (Å²) in [5.41, 5.74) is 2.10. The van der Waals surface area contributed by atoms with E-state index in [2.05, 4.69) is 5.32 Å². The Kier molecular flexibility index (Phi) is 9.66. The predicted octanol–water partition coefficient (Wildman–Crippen LogP) is 4.95. The molecule has 0 amide bonds. The third-order valence-corrected chi connectivity index (χ3v) is 7.13. The second-order valence-electron chi connectivity index (χ2n) is 8.57. The molecule has 0 aromatic heterocycles. The number of rotatable bonds is 9. The van der Waals surface area contributed by atoms with Gasteiger partial charge in [-0.1, -0.05) is 6.07 Å². The first kappa shape index (κ1) is 28.6. The summed E-state index contributed by atoms with van der Waals surface area (Å²) in [4.78, 5) is 13.2.